The second-order valence-electron chi connectivity index (χ2n) is 4.80. The highest BCUT2D eigenvalue weighted by Crippen LogP contribution is 2.21. The molecule has 0 aromatic carbocycles. The van der Waals surface area contributed by atoms with E-state index >= 15 is 0 Å². The first-order valence-corrected chi connectivity index (χ1v) is 6.46. The number of allylic oxidation sites excluding steroid dienone is 1. The summed E-state index contributed by atoms with van der Waals surface area (Å²) in [5, 5.41) is 9.07. The minimum atomic E-state index is -0.985. The summed E-state index contributed by atoms with van der Waals surface area (Å²) in [6, 6.07) is -0.824. The molecular formula is C13H19NO4. The minimum absolute atomic E-state index is 0.0844. The molecule has 1 aliphatic heterocycles. The van der Waals surface area contributed by atoms with E-state index in [9.17, 15) is 9.59 Å². The maximum Gasteiger partial charge on any atom is 0.328 e. The lowest BCUT2D eigenvalue weighted by Crippen LogP contribution is -2.52. The van der Waals surface area contributed by atoms with Gasteiger partial charge in [-0.1, -0.05) is 11.6 Å². The second kappa shape index (κ2) is 6.00. The van der Waals surface area contributed by atoms with Gasteiger partial charge in [-0.05, 0) is 25.7 Å². The molecule has 5 heteroatoms. The molecule has 0 saturated carbocycles. The molecule has 100 valence electrons. The Morgan fingerprint density at radius 1 is 1.44 bits per heavy atom. The Balaban J connectivity index is 1.97. The normalized spacial score (nSPS) is 24.6. The lowest BCUT2D eigenvalue weighted by atomic mass is 9.96. The Labute approximate surface area is 106 Å². The third-order valence-electron chi connectivity index (χ3n) is 3.50. The van der Waals surface area contributed by atoms with Crippen molar-refractivity contribution in [2.24, 2.45) is 0 Å². The van der Waals surface area contributed by atoms with E-state index in [1.165, 1.54) is 11.3 Å². The lowest BCUT2D eigenvalue weighted by Gasteiger charge is -2.33. The molecule has 1 amide bonds. The Kier molecular flexibility index (Phi) is 4.36. The van der Waals surface area contributed by atoms with Crippen LogP contribution in [-0.2, 0) is 14.3 Å². The SMILES string of the molecule is O=C(O)[C@@H]1COCCN1C(=O)CC1=CCCCC1. The summed E-state index contributed by atoms with van der Waals surface area (Å²) in [4.78, 5) is 24.7. The molecule has 1 saturated heterocycles. The van der Waals surface area contributed by atoms with Gasteiger partial charge in [0.25, 0.3) is 0 Å². The van der Waals surface area contributed by atoms with E-state index in [2.05, 4.69) is 6.08 Å². The van der Waals surface area contributed by atoms with Crippen molar-refractivity contribution in [1.82, 2.24) is 4.90 Å². The molecular weight excluding hydrogens is 234 g/mol. The third-order valence-corrected chi connectivity index (χ3v) is 3.50. The fourth-order valence-electron chi connectivity index (χ4n) is 2.47. The van der Waals surface area contributed by atoms with Crippen LogP contribution in [0.5, 0.6) is 0 Å². The predicted octanol–water partition coefficient (Wildman–Crippen LogP) is 1.19. The van der Waals surface area contributed by atoms with Gasteiger partial charge in [-0.15, -0.1) is 0 Å². The molecule has 0 radical (unpaired) electrons. The van der Waals surface area contributed by atoms with Gasteiger partial charge >= 0.3 is 5.97 Å². The van der Waals surface area contributed by atoms with Crippen LogP contribution in [0.4, 0.5) is 0 Å². The monoisotopic (exact) mass is 253 g/mol. The number of carbonyl (C=O) groups is 2. The molecule has 1 N–H and O–H groups in total. The first-order valence-electron chi connectivity index (χ1n) is 6.46. The zero-order valence-electron chi connectivity index (χ0n) is 10.4. The number of carboxylic acid groups (broad SMARTS) is 1. The number of carbonyl (C=O) groups excluding carboxylic acids is 1. The van der Waals surface area contributed by atoms with Gasteiger partial charge in [0.15, 0.2) is 6.04 Å². The number of hydrogen-bond acceptors (Lipinski definition) is 3. The first-order chi connectivity index (χ1) is 8.68. The van der Waals surface area contributed by atoms with Crippen LogP contribution in [0.15, 0.2) is 11.6 Å². The molecule has 2 rings (SSSR count). The number of carboxylic acids is 1. The van der Waals surface area contributed by atoms with E-state index in [-0.39, 0.29) is 12.5 Å². The number of morpholine rings is 1. The van der Waals surface area contributed by atoms with E-state index < -0.39 is 12.0 Å². The Morgan fingerprint density at radius 2 is 2.28 bits per heavy atom. The Morgan fingerprint density at radius 3 is 2.94 bits per heavy atom. The number of hydrogen-bond donors (Lipinski definition) is 1. The molecule has 1 aliphatic carbocycles. The van der Waals surface area contributed by atoms with Gasteiger partial charge in [-0.25, -0.2) is 4.79 Å². The van der Waals surface area contributed by atoms with Gasteiger partial charge in [0, 0.05) is 13.0 Å². The maximum absolute atomic E-state index is 12.1. The predicted molar refractivity (Wildman–Crippen MR) is 65.1 cm³/mol. The van der Waals surface area contributed by atoms with Gasteiger partial charge in [0.1, 0.15) is 0 Å². The molecule has 1 heterocycles. The topological polar surface area (TPSA) is 66.8 Å². The smallest absolute Gasteiger partial charge is 0.328 e. The van der Waals surface area contributed by atoms with Crippen LogP contribution in [0.25, 0.3) is 0 Å². The average molecular weight is 253 g/mol. The summed E-state index contributed by atoms with van der Waals surface area (Å²) in [5.41, 5.74) is 1.15. The highest BCUT2D eigenvalue weighted by atomic mass is 16.5. The number of nitrogens with zero attached hydrogens (tertiary/aromatic N) is 1. The quantitative estimate of drug-likeness (QED) is 0.767. The molecule has 18 heavy (non-hydrogen) atoms. The van der Waals surface area contributed by atoms with Crippen LogP contribution in [0.3, 0.4) is 0 Å². The van der Waals surface area contributed by atoms with Gasteiger partial charge in [-0.2, -0.15) is 0 Å². The standard InChI is InChI=1S/C13H19NO4/c15-12(8-10-4-2-1-3-5-10)14-6-7-18-9-11(14)13(16)17/h4,11H,1-3,5-9H2,(H,16,17)/t11-/m0/s1. The zero-order chi connectivity index (χ0) is 13.0. The van der Waals surface area contributed by atoms with Crippen molar-refractivity contribution in [2.45, 2.75) is 38.1 Å². The van der Waals surface area contributed by atoms with Gasteiger partial charge in [0.05, 0.1) is 13.2 Å². The van der Waals surface area contributed by atoms with E-state index in [1.54, 1.807) is 0 Å². The third kappa shape index (κ3) is 3.10. The van der Waals surface area contributed by atoms with Gasteiger partial charge in [-0.3, -0.25) is 4.79 Å². The summed E-state index contributed by atoms with van der Waals surface area (Å²) >= 11 is 0. The molecule has 2 aliphatic rings. The van der Waals surface area contributed by atoms with Crippen LogP contribution >= 0.6 is 0 Å². The summed E-state index contributed by atoms with van der Waals surface area (Å²) in [6.07, 6.45) is 6.81. The summed E-state index contributed by atoms with van der Waals surface area (Å²) in [5.74, 6) is -1.07. The number of rotatable bonds is 3. The lowest BCUT2D eigenvalue weighted by molar-refractivity contribution is -0.158. The van der Waals surface area contributed by atoms with Crippen molar-refractivity contribution in [2.75, 3.05) is 19.8 Å². The van der Waals surface area contributed by atoms with Crippen molar-refractivity contribution in [3.63, 3.8) is 0 Å². The van der Waals surface area contributed by atoms with Crippen molar-refractivity contribution >= 4 is 11.9 Å². The van der Waals surface area contributed by atoms with Crippen LogP contribution in [0.1, 0.15) is 32.1 Å². The number of aliphatic carboxylic acids is 1. The molecule has 0 bridgehead atoms. The molecule has 1 atom stereocenters. The zero-order valence-corrected chi connectivity index (χ0v) is 10.4. The summed E-state index contributed by atoms with van der Waals surface area (Å²) in [6.45, 7) is 0.901. The molecule has 0 aromatic rings. The van der Waals surface area contributed by atoms with E-state index in [0.29, 0.717) is 19.6 Å². The van der Waals surface area contributed by atoms with Crippen LogP contribution in [0, 0.1) is 0 Å². The van der Waals surface area contributed by atoms with E-state index in [4.69, 9.17) is 9.84 Å². The average Bonchev–Trinajstić information content (AvgIpc) is 2.40. The molecule has 0 aromatic heterocycles. The highest BCUT2D eigenvalue weighted by molar-refractivity contribution is 5.85. The largest absolute Gasteiger partial charge is 0.480 e. The van der Waals surface area contributed by atoms with Crippen LogP contribution in [-0.4, -0.2) is 47.7 Å². The second-order valence-corrected chi connectivity index (χ2v) is 4.80. The van der Waals surface area contributed by atoms with Crippen molar-refractivity contribution in [1.29, 1.82) is 0 Å². The highest BCUT2D eigenvalue weighted by Gasteiger charge is 2.32. The molecule has 0 spiro atoms. The fourth-order valence-corrected chi connectivity index (χ4v) is 2.47. The van der Waals surface area contributed by atoms with Gasteiger partial charge in [0.2, 0.25) is 5.91 Å². The summed E-state index contributed by atoms with van der Waals surface area (Å²) < 4.78 is 5.12. The molecule has 1 fully saturated rings. The number of amides is 1. The maximum atomic E-state index is 12.1. The van der Waals surface area contributed by atoms with Crippen molar-refractivity contribution in [3.8, 4) is 0 Å². The Hall–Kier alpha value is -1.36. The van der Waals surface area contributed by atoms with Crippen molar-refractivity contribution < 1.29 is 19.4 Å². The van der Waals surface area contributed by atoms with E-state index in [0.717, 1.165) is 24.8 Å². The summed E-state index contributed by atoms with van der Waals surface area (Å²) in [7, 11) is 0. The van der Waals surface area contributed by atoms with E-state index in [1.807, 2.05) is 0 Å². The number of ether oxygens (including phenoxy) is 1. The molecule has 0 unspecified atom stereocenters. The van der Waals surface area contributed by atoms with Crippen LogP contribution < -0.4 is 0 Å². The minimum Gasteiger partial charge on any atom is -0.480 e. The fraction of sp³-hybridized carbons (Fsp3) is 0.692. The van der Waals surface area contributed by atoms with Gasteiger partial charge < -0.3 is 14.7 Å². The molecule has 5 nitrogen and oxygen atoms in total. The first kappa shape index (κ1) is 13.1. The van der Waals surface area contributed by atoms with Crippen molar-refractivity contribution in [3.05, 3.63) is 11.6 Å². The van der Waals surface area contributed by atoms with Crippen LogP contribution in [0.2, 0.25) is 0 Å². The Bertz CT molecular complexity index is 364.